The molecule has 0 aliphatic heterocycles. The van der Waals surface area contributed by atoms with E-state index in [0.29, 0.717) is 22.5 Å². The molecule has 0 radical (unpaired) electrons. The lowest BCUT2D eigenvalue weighted by Gasteiger charge is -2.10. The van der Waals surface area contributed by atoms with E-state index in [4.69, 9.17) is 4.74 Å². The second-order valence-electron chi connectivity index (χ2n) is 7.58. The molecule has 2 N–H and O–H groups in total. The summed E-state index contributed by atoms with van der Waals surface area (Å²) in [5, 5.41) is 5.58. The number of ether oxygens (including phenoxy) is 1. The number of anilines is 2. The van der Waals surface area contributed by atoms with Crippen molar-refractivity contribution in [3.63, 3.8) is 0 Å². The van der Waals surface area contributed by atoms with Gasteiger partial charge in [-0.2, -0.15) is 0 Å². The zero-order chi connectivity index (χ0) is 26.1. The van der Waals surface area contributed by atoms with Gasteiger partial charge in [-0.3, -0.25) is 19.2 Å². The van der Waals surface area contributed by atoms with Gasteiger partial charge >= 0.3 is 5.97 Å². The molecule has 3 rings (SSSR count). The third-order valence-corrected chi connectivity index (χ3v) is 5.82. The van der Waals surface area contributed by atoms with Crippen molar-refractivity contribution in [3.05, 3.63) is 83.6 Å². The molecule has 0 saturated carbocycles. The number of carbonyl (C=O) groups is 5. The van der Waals surface area contributed by atoms with Gasteiger partial charge in [-0.05, 0) is 74.5 Å². The summed E-state index contributed by atoms with van der Waals surface area (Å²) in [4.78, 5) is 63.8. The van der Waals surface area contributed by atoms with E-state index < -0.39 is 18.5 Å². The Hall–Kier alpha value is -4.31. The van der Waals surface area contributed by atoms with E-state index in [2.05, 4.69) is 15.6 Å². The number of esters is 1. The van der Waals surface area contributed by atoms with Crippen molar-refractivity contribution in [2.24, 2.45) is 0 Å². The fourth-order valence-electron chi connectivity index (χ4n) is 2.97. The van der Waals surface area contributed by atoms with Crippen LogP contribution in [0.5, 0.6) is 0 Å². The highest BCUT2D eigenvalue weighted by molar-refractivity contribution is 8.00. The summed E-state index contributed by atoms with van der Waals surface area (Å²) in [6.07, 6.45) is 1.48. The van der Waals surface area contributed by atoms with Gasteiger partial charge in [0.2, 0.25) is 5.91 Å². The monoisotopic (exact) mass is 505 g/mol. The molecule has 36 heavy (non-hydrogen) atoms. The zero-order valence-electron chi connectivity index (χ0n) is 19.6. The van der Waals surface area contributed by atoms with Crippen LogP contribution in [0.4, 0.5) is 11.4 Å². The molecule has 0 atom stereocenters. The molecule has 0 aliphatic carbocycles. The van der Waals surface area contributed by atoms with Gasteiger partial charge < -0.3 is 15.4 Å². The van der Waals surface area contributed by atoms with E-state index in [0.717, 1.165) is 11.8 Å². The summed E-state index contributed by atoms with van der Waals surface area (Å²) >= 11 is 1.05. The van der Waals surface area contributed by atoms with Gasteiger partial charge in [0.15, 0.2) is 18.2 Å². The molecule has 0 saturated heterocycles. The number of hydrogen-bond acceptors (Lipinski definition) is 8. The van der Waals surface area contributed by atoms with Crippen LogP contribution < -0.4 is 10.6 Å². The number of ketones is 2. The van der Waals surface area contributed by atoms with Crippen LogP contribution in [0, 0.1) is 0 Å². The first kappa shape index (κ1) is 26.3. The number of benzene rings is 2. The van der Waals surface area contributed by atoms with Crippen LogP contribution in [0.25, 0.3) is 0 Å². The number of aromatic nitrogens is 1. The topological polar surface area (TPSA) is 132 Å². The molecule has 1 aromatic heterocycles. The third-order valence-electron chi connectivity index (χ3n) is 4.82. The summed E-state index contributed by atoms with van der Waals surface area (Å²) in [6, 6.07) is 15.9. The van der Waals surface area contributed by atoms with Crippen molar-refractivity contribution in [2.75, 3.05) is 23.0 Å². The van der Waals surface area contributed by atoms with Gasteiger partial charge in [0.25, 0.3) is 5.91 Å². The van der Waals surface area contributed by atoms with Crippen LogP contribution in [0.3, 0.4) is 0 Å². The molecule has 0 fully saturated rings. The van der Waals surface area contributed by atoms with Crippen LogP contribution in [-0.4, -0.2) is 46.7 Å². The number of carbonyl (C=O) groups excluding carboxylic acids is 5. The summed E-state index contributed by atoms with van der Waals surface area (Å²) < 4.78 is 5.11. The summed E-state index contributed by atoms with van der Waals surface area (Å²) in [6.45, 7) is 2.38. The molecule has 1 heterocycles. The predicted octanol–water partition coefficient (Wildman–Crippen LogP) is 4.01. The number of thioether (sulfide) groups is 1. The van der Waals surface area contributed by atoms with Crippen LogP contribution >= 0.6 is 11.8 Å². The maximum Gasteiger partial charge on any atom is 0.341 e. The quantitative estimate of drug-likeness (QED) is 0.240. The molecule has 2 aromatic carbocycles. The number of nitrogens with one attached hydrogen (secondary N) is 2. The summed E-state index contributed by atoms with van der Waals surface area (Å²) in [7, 11) is 0. The minimum atomic E-state index is -0.757. The first-order valence-corrected chi connectivity index (χ1v) is 11.8. The van der Waals surface area contributed by atoms with Crippen LogP contribution in [0.15, 0.2) is 71.9 Å². The highest BCUT2D eigenvalue weighted by Gasteiger charge is 2.17. The van der Waals surface area contributed by atoms with E-state index >= 15 is 0 Å². The molecule has 184 valence electrons. The van der Waals surface area contributed by atoms with Crippen LogP contribution in [0.2, 0.25) is 0 Å². The molecule has 0 unspecified atom stereocenters. The van der Waals surface area contributed by atoms with Gasteiger partial charge in [-0.25, -0.2) is 9.78 Å². The van der Waals surface area contributed by atoms with Gasteiger partial charge in [-0.15, -0.1) is 0 Å². The van der Waals surface area contributed by atoms with E-state index in [1.165, 1.54) is 26.1 Å². The molecule has 0 bridgehead atoms. The number of Topliss-reactive ketones (excluding diaryl/α,β-unsaturated/α-hetero) is 2. The molecular weight excluding hydrogens is 482 g/mol. The standard InChI is InChI=1S/C26H23N3O6S/c1-16(30)18-5-9-20(10-6-18)28-23(32)14-35-26(34)22-4-3-13-27-25(22)36-15-24(33)29-21-11-7-19(8-12-21)17(2)31/h3-13H,14-15H2,1-2H3,(H,28,32)(H,29,33). The Morgan fingerprint density at radius 2 is 1.31 bits per heavy atom. The molecule has 0 spiro atoms. The van der Waals surface area contributed by atoms with Gasteiger partial charge in [0, 0.05) is 28.7 Å². The van der Waals surface area contributed by atoms with Crippen molar-refractivity contribution >= 4 is 52.5 Å². The molecule has 9 nitrogen and oxygen atoms in total. The fourth-order valence-corrected chi connectivity index (χ4v) is 3.76. The van der Waals surface area contributed by atoms with Crippen molar-refractivity contribution in [2.45, 2.75) is 18.9 Å². The number of rotatable bonds is 10. The Labute approximate surface area is 211 Å². The fraction of sp³-hybridized carbons (Fsp3) is 0.154. The Balaban J connectivity index is 1.51. The number of amides is 2. The van der Waals surface area contributed by atoms with Crippen LogP contribution in [-0.2, 0) is 14.3 Å². The van der Waals surface area contributed by atoms with E-state index in [-0.39, 0.29) is 33.8 Å². The molecule has 0 aliphatic rings. The van der Waals surface area contributed by atoms with Gasteiger partial charge in [-0.1, -0.05) is 11.8 Å². The predicted molar refractivity (Wildman–Crippen MR) is 135 cm³/mol. The Morgan fingerprint density at radius 3 is 1.83 bits per heavy atom. The van der Waals surface area contributed by atoms with Crippen molar-refractivity contribution in [3.8, 4) is 0 Å². The average molecular weight is 506 g/mol. The number of pyridine rings is 1. The molecule has 3 aromatic rings. The number of hydrogen-bond donors (Lipinski definition) is 2. The Morgan fingerprint density at radius 1 is 0.778 bits per heavy atom. The lowest BCUT2D eigenvalue weighted by molar-refractivity contribution is -0.119. The normalized spacial score (nSPS) is 10.3. The summed E-state index contributed by atoms with van der Waals surface area (Å²) in [5.41, 5.74) is 2.17. The van der Waals surface area contributed by atoms with Crippen LogP contribution in [0.1, 0.15) is 44.9 Å². The maximum atomic E-state index is 12.5. The van der Waals surface area contributed by atoms with Gasteiger partial charge in [0.05, 0.1) is 11.3 Å². The molecule has 10 heteroatoms. The Kier molecular flexibility index (Phi) is 9.07. The van der Waals surface area contributed by atoms with Gasteiger partial charge in [0.1, 0.15) is 5.03 Å². The number of nitrogens with zero attached hydrogens (tertiary/aromatic N) is 1. The van der Waals surface area contributed by atoms with Crippen molar-refractivity contribution < 1.29 is 28.7 Å². The third kappa shape index (κ3) is 7.60. The first-order valence-electron chi connectivity index (χ1n) is 10.8. The minimum absolute atomic E-state index is 0.0253. The zero-order valence-corrected chi connectivity index (χ0v) is 20.4. The van der Waals surface area contributed by atoms with E-state index in [1.54, 1.807) is 54.6 Å². The highest BCUT2D eigenvalue weighted by atomic mass is 32.2. The highest BCUT2D eigenvalue weighted by Crippen LogP contribution is 2.21. The van der Waals surface area contributed by atoms with E-state index in [9.17, 15) is 24.0 Å². The lowest BCUT2D eigenvalue weighted by atomic mass is 10.1. The maximum absolute atomic E-state index is 12.5. The van der Waals surface area contributed by atoms with Crippen molar-refractivity contribution in [1.29, 1.82) is 0 Å². The minimum Gasteiger partial charge on any atom is -0.452 e. The second kappa shape index (κ2) is 12.4. The second-order valence-corrected chi connectivity index (χ2v) is 8.55. The lowest BCUT2D eigenvalue weighted by Crippen LogP contribution is -2.21. The largest absolute Gasteiger partial charge is 0.452 e. The molecule has 2 amide bonds. The van der Waals surface area contributed by atoms with E-state index in [1.807, 2.05) is 0 Å². The Bertz CT molecular complexity index is 1290. The smallest absolute Gasteiger partial charge is 0.341 e. The van der Waals surface area contributed by atoms with Crippen molar-refractivity contribution in [1.82, 2.24) is 4.98 Å². The summed E-state index contributed by atoms with van der Waals surface area (Å²) in [5.74, 6) is -1.81. The first-order chi connectivity index (χ1) is 17.2. The average Bonchev–Trinajstić information content (AvgIpc) is 2.87. The SMILES string of the molecule is CC(=O)c1ccc(NC(=O)COC(=O)c2cccnc2SCC(=O)Nc2ccc(C(C)=O)cc2)cc1. The molecular formula is C26H23N3O6S.